The molecule has 2 amide bonds. The lowest BCUT2D eigenvalue weighted by Crippen LogP contribution is -2.49. The SMILES string of the molecule is CC(C)CN1CCO[C@@H](CNC(=O)N(C)Cc2cnn(C)c2)C1. The number of carbonyl (C=O) groups excluding carboxylic acids is 1. The third kappa shape index (κ3) is 5.84. The molecular weight excluding hydrogens is 294 g/mol. The van der Waals surface area contributed by atoms with Crippen LogP contribution in [0.5, 0.6) is 0 Å². The molecule has 2 heterocycles. The van der Waals surface area contributed by atoms with Crippen molar-refractivity contribution < 1.29 is 9.53 Å². The Hall–Kier alpha value is -1.60. The highest BCUT2D eigenvalue weighted by molar-refractivity contribution is 5.73. The van der Waals surface area contributed by atoms with Crippen LogP contribution in [-0.2, 0) is 18.3 Å². The van der Waals surface area contributed by atoms with E-state index in [4.69, 9.17) is 4.74 Å². The normalized spacial score (nSPS) is 19.1. The number of morpholine rings is 1. The minimum Gasteiger partial charge on any atom is -0.374 e. The van der Waals surface area contributed by atoms with E-state index >= 15 is 0 Å². The highest BCUT2D eigenvalue weighted by Crippen LogP contribution is 2.08. The standard InChI is InChI=1S/C16H29N5O2/c1-13(2)9-21-5-6-23-15(12-21)8-17-16(22)19(3)10-14-7-18-20(4)11-14/h7,11,13,15H,5-6,8-10,12H2,1-4H3,(H,17,22)/t15-/m0/s1. The second-order valence-electron chi connectivity index (χ2n) is 6.71. The Morgan fingerprint density at radius 3 is 3.00 bits per heavy atom. The number of ether oxygens (including phenoxy) is 1. The maximum atomic E-state index is 12.2. The van der Waals surface area contributed by atoms with Gasteiger partial charge < -0.3 is 15.0 Å². The summed E-state index contributed by atoms with van der Waals surface area (Å²) in [5, 5.41) is 7.07. The average molecular weight is 323 g/mol. The largest absolute Gasteiger partial charge is 0.374 e. The van der Waals surface area contributed by atoms with E-state index in [-0.39, 0.29) is 12.1 Å². The van der Waals surface area contributed by atoms with Gasteiger partial charge in [0.05, 0.1) is 25.5 Å². The van der Waals surface area contributed by atoms with Crippen LogP contribution < -0.4 is 5.32 Å². The predicted molar refractivity (Wildman–Crippen MR) is 89.1 cm³/mol. The summed E-state index contributed by atoms with van der Waals surface area (Å²) in [5.74, 6) is 0.647. The molecule has 1 fully saturated rings. The molecule has 0 aromatic carbocycles. The Balaban J connectivity index is 1.72. The van der Waals surface area contributed by atoms with E-state index < -0.39 is 0 Å². The second kappa shape index (κ2) is 8.31. The summed E-state index contributed by atoms with van der Waals surface area (Å²) < 4.78 is 7.49. The molecule has 0 unspecified atom stereocenters. The minimum atomic E-state index is -0.0848. The summed E-state index contributed by atoms with van der Waals surface area (Å²) in [6, 6.07) is -0.0848. The molecule has 0 bridgehead atoms. The molecule has 23 heavy (non-hydrogen) atoms. The monoisotopic (exact) mass is 323 g/mol. The molecule has 1 saturated heterocycles. The van der Waals surface area contributed by atoms with Gasteiger partial charge in [-0.15, -0.1) is 0 Å². The van der Waals surface area contributed by atoms with Crippen molar-refractivity contribution in [2.75, 3.05) is 39.8 Å². The number of nitrogens with zero attached hydrogens (tertiary/aromatic N) is 4. The van der Waals surface area contributed by atoms with Crippen molar-refractivity contribution in [2.24, 2.45) is 13.0 Å². The summed E-state index contributed by atoms with van der Waals surface area (Å²) in [6.45, 7) is 9.20. The quantitative estimate of drug-likeness (QED) is 0.845. The van der Waals surface area contributed by atoms with Gasteiger partial charge in [-0.25, -0.2) is 4.79 Å². The first-order valence-corrected chi connectivity index (χ1v) is 8.24. The highest BCUT2D eigenvalue weighted by Gasteiger charge is 2.22. The predicted octanol–water partition coefficient (Wildman–Crippen LogP) is 0.918. The average Bonchev–Trinajstić information content (AvgIpc) is 2.89. The van der Waals surface area contributed by atoms with Gasteiger partial charge in [-0.2, -0.15) is 5.10 Å². The fourth-order valence-corrected chi connectivity index (χ4v) is 2.82. The van der Waals surface area contributed by atoms with Crippen LogP contribution in [0.2, 0.25) is 0 Å². The number of aryl methyl sites for hydroxylation is 1. The summed E-state index contributed by atoms with van der Waals surface area (Å²) in [7, 11) is 3.65. The third-order valence-corrected chi connectivity index (χ3v) is 3.85. The van der Waals surface area contributed by atoms with Crippen molar-refractivity contribution in [3.8, 4) is 0 Å². The van der Waals surface area contributed by atoms with E-state index in [9.17, 15) is 4.79 Å². The van der Waals surface area contributed by atoms with Crippen LogP contribution in [0.15, 0.2) is 12.4 Å². The Kier molecular flexibility index (Phi) is 6.41. The van der Waals surface area contributed by atoms with Crippen LogP contribution in [0.25, 0.3) is 0 Å². The molecule has 7 nitrogen and oxygen atoms in total. The van der Waals surface area contributed by atoms with Gasteiger partial charge >= 0.3 is 6.03 Å². The number of nitrogens with one attached hydrogen (secondary N) is 1. The summed E-state index contributed by atoms with van der Waals surface area (Å²) in [5.41, 5.74) is 1.02. The molecule has 1 aromatic rings. The van der Waals surface area contributed by atoms with Crippen LogP contribution >= 0.6 is 0 Å². The number of rotatable bonds is 6. The molecule has 0 spiro atoms. The molecule has 1 aliphatic rings. The molecule has 1 aliphatic heterocycles. The van der Waals surface area contributed by atoms with Crippen molar-refractivity contribution in [1.29, 1.82) is 0 Å². The zero-order valence-electron chi connectivity index (χ0n) is 14.7. The Morgan fingerprint density at radius 1 is 1.57 bits per heavy atom. The summed E-state index contributed by atoms with van der Waals surface area (Å²) >= 11 is 0. The maximum Gasteiger partial charge on any atom is 0.317 e. The number of carbonyl (C=O) groups is 1. The fraction of sp³-hybridized carbons (Fsp3) is 0.750. The maximum absolute atomic E-state index is 12.2. The van der Waals surface area contributed by atoms with Crippen molar-refractivity contribution in [3.05, 3.63) is 18.0 Å². The zero-order chi connectivity index (χ0) is 16.8. The first-order chi connectivity index (χ1) is 10.9. The van der Waals surface area contributed by atoms with Gasteiger partial charge in [-0.05, 0) is 5.92 Å². The van der Waals surface area contributed by atoms with E-state index in [1.165, 1.54) is 0 Å². The first-order valence-electron chi connectivity index (χ1n) is 8.24. The van der Waals surface area contributed by atoms with E-state index in [1.807, 2.05) is 13.2 Å². The molecule has 0 saturated carbocycles. The van der Waals surface area contributed by atoms with Crippen molar-refractivity contribution in [1.82, 2.24) is 24.9 Å². The molecule has 1 atom stereocenters. The first kappa shape index (κ1) is 17.7. The molecule has 0 radical (unpaired) electrons. The van der Waals surface area contributed by atoms with Crippen LogP contribution in [0.3, 0.4) is 0 Å². The van der Waals surface area contributed by atoms with Crippen LogP contribution in [0.1, 0.15) is 19.4 Å². The molecule has 1 N–H and O–H groups in total. The Labute approximate surface area is 138 Å². The van der Waals surface area contributed by atoms with Crippen molar-refractivity contribution in [2.45, 2.75) is 26.5 Å². The Morgan fingerprint density at radius 2 is 2.35 bits per heavy atom. The van der Waals surface area contributed by atoms with Gasteiger partial charge in [0, 0.05) is 52.0 Å². The molecule has 1 aromatic heterocycles. The van der Waals surface area contributed by atoms with Crippen LogP contribution in [-0.4, -0.2) is 71.5 Å². The zero-order valence-corrected chi connectivity index (χ0v) is 14.7. The molecule has 2 rings (SSSR count). The molecule has 7 heteroatoms. The lowest BCUT2D eigenvalue weighted by molar-refractivity contribution is -0.0293. The van der Waals surface area contributed by atoms with Gasteiger partial charge in [0.2, 0.25) is 0 Å². The van der Waals surface area contributed by atoms with Gasteiger partial charge in [0.25, 0.3) is 0 Å². The fourth-order valence-electron chi connectivity index (χ4n) is 2.82. The number of urea groups is 1. The van der Waals surface area contributed by atoms with Gasteiger partial charge in [-0.3, -0.25) is 9.58 Å². The second-order valence-corrected chi connectivity index (χ2v) is 6.71. The number of amides is 2. The third-order valence-electron chi connectivity index (χ3n) is 3.85. The van der Waals surface area contributed by atoms with E-state index in [1.54, 1.807) is 22.8 Å². The number of hydrogen-bond donors (Lipinski definition) is 1. The van der Waals surface area contributed by atoms with Gasteiger partial charge in [0.1, 0.15) is 0 Å². The number of aromatic nitrogens is 2. The lowest BCUT2D eigenvalue weighted by atomic mass is 10.2. The smallest absolute Gasteiger partial charge is 0.317 e. The number of hydrogen-bond acceptors (Lipinski definition) is 4. The minimum absolute atomic E-state index is 0.0678. The topological polar surface area (TPSA) is 62.6 Å². The van der Waals surface area contributed by atoms with Crippen LogP contribution in [0.4, 0.5) is 4.79 Å². The Bertz CT molecular complexity index is 502. The lowest BCUT2D eigenvalue weighted by Gasteiger charge is -2.34. The van der Waals surface area contributed by atoms with Gasteiger partial charge in [0.15, 0.2) is 0 Å². The van der Waals surface area contributed by atoms with Crippen molar-refractivity contribution >= 4 is 6.03 Å². The van der Waals surface area contributed by atoms with E-state index in [0.717, 1.165) is 31.8 Å². The van der Waals surface area contributed by atoms with E-state index in [0.29, 0.717) is 19.0 Å². The van der Waals surface area contributed by atoms with Gasteiger partial charge in [-0.1, -0.05) is 13.8 Å². The molecule has 0 aliphatic carbocycles. The molecular formula is C16H29N5O2. The molecule has 130 valence electrons. The highest BCUT2D eigenvalue weighted by atomic mass is 16.5. The van der Waals surface area contributed by atoms with E-state index in [2.05, 4.69) is 29.2 Å². The van der Waals surface area contributed by atoms with Crippen molar-refractivity contribution in [3.63, 3.8) is 0 Å². The summed E-state index contributed by atoms with van der Waals surface area (Å²) in [4.78, 5) is 16.2. The summed E-state index contributed by atoms with van der Waals surface area (Å²) in [6.07, 6.45) is 3.76. The van der Waals surface area contributed by atoms with Crippen LogP contribution in [0, 0.1) is 5.92 Å².